The normalized spacial score (nSPS) is 8.50. The molecule has 0 aliphatic heterocycles. The van der Waals surface area contributed by atoms with Gasteiger partial charge < -0.3 is 28.5 Å². The minimum atomic E-state index is -4.64. The summed E-state index contributed by atoms with van der Waals surface area (Å²) < 4.78 is 8.88. The Bertz CT molecular complexity index is 99.6. The van der Waals surface area contributed by atoms with Crippen molar-refractivity contribution in [3.63, 3.8) is 0 Å². The number of hydrogen-bond acceptors (Lipinski definition) is 1. The van der Waals surface area contributed by atoms with Crippen LogP contribution in [0.3, 0.4) is 0 Å². The minimum Gasteiger partial charge on any atom is -0.343 e. The van der Waals surface area contributed by atoms with Crippen molar-refractivity contribution >= 4 is 7.82 Å². The van der Waals surface area contributed by atoms with Gasteiger partial charge in [-0.1, -0.05) is 26.7 Å². The number of unbranched alkanes of at least 4 members (excludes halogenated alkanes) is 2. The summed E-state index contributed by atoms with van der Waals surface area (Å²) in [6.07, 6.45) is 4.56. The van der Waals surface area contributed by atoms with Crippen molar-refractivity contribution < 1.29 is 37.8 Å². The SMILES string of the molecule is O=P(O)(O)O.[CH2-]CCC.[CH2-]CCC.[V+2]. The molecule has 87 valence electrons. The van der Waals surface area contributed by atoms with Crippen molar-refractivity contribution in [2.45, 2.75) is 39.5 Å². The summed E-state index contributed by atoms with van der Waals surface area (Å²) in [5, 5.41) is 0. The van der Waals surface area contributed by atoms with E-state index in [2.05, 4.69) is 27.7 Å². The molecule has 0 aromatic heterocycles. The van der Waals surface area contributed by atoms with E-state index in [1.54, 1.807) is 0 Å². The largest absolute Gasteiger partial charge is 2.00 e. The second-order valence-electron chi connectivity index (χ2n) is 2.22. The summed E-state index contributed by atoms with van der Waals surface area (Å²) in [6, 6.07) is 0. The Morgan fingerprint density at radius 1 is 1.00 bits per heavy atom. The van der Waals surface area contributed by atoms with Crippen LogP contribution in [0.1, 0.15) is 39.5 Å². The van der Waals surface area contributed by atoms with Crippen molar-refractivity contribution in [2.75, 3.05) is 0 Å². The van der Waals surface area contributed by atoms with Crippen LogP contribution in [0.2, 0.25) is 0 Å². The first-order valence-electron chi connectivity index (χ1n) is 4.20. The van der Waals surface area contributed by atoms with Crippen molar-refractivity contribution in [3.8, 4) is 0 Å². The molecule has 14 heavy (non-hydrogen) atoms. The summed E-state index contributed by atoms with van der Waals surface area (Å²) >= 11 is 0. The summed E-state index contributed by atoms with van der Waals surface area (Å²) in [4.78, 5) is 21.6. The van der Waals surface area contributed by atoms with Gasteiger partial charge in [-0.05, 0) is 0 Å². The van der Waals surface area contributed by atoms with Crippen molar-refractivity contribution in [3.05, 3.63) is 13.8 Å². The molecule has 0 aromatic rings. The molecular weight excluding hydrogens is 242 g/mol. The predicted molar refractivity (Wildman–Crippen MR) is 54.8 cm³/mol. The van der Waals surface area contributed by atoms with Gasteiger partial charge in [0.05, 0.1) is 0 Å². The second-order valence-corrected chi connectivity index (χ2v) is 3.25. The maximum Gasteiger partial charge on any atom is 2.00 e. The molecule has 4 nitrogen and oxygen atoms in total. The third kappa shape index (κ3) is 239. The van der Waals surface area contributed by atoms with Crippen LogP contribution in [0.25, 0.3) is 0 Å². The van der Waals surface area contributed by atoms with Crippen molar-refractivity contribution in [2.24, 2.45) is 0 Å². The van der Waals surface area contributed by atoms with Crippen LogP contribution >= 0.6 is 7.82 Å². The topological polar surface area (TPSA) is 77.8 Å². The Labute approximate surface area is 99.2 Å². The molecule has 0 fully saturated rings. The third-order valence-electron chi connectivity index (χ3n) is 0.707. The number of rotatable bonds is 2. The van der Waals surface area contributed by atoms with Gasteiger partial charge in [0.15, 0.2) is 0 Å². The van der Waals surface area contributed by atoms with Crippen molar-refractivity contribution in [1.82, 2.24) is 0 Å². The molecule has 0 aliphatic rings. The maximum absolute atomic E-state index is 8.88. The quantitative estimate of drug-likeness (QED) is 0.527. The molecule has 0 bridgehead atoms. The van der Waals surface area contributed by atoms with Crippen LogP contribution in [-0.4, -0.2) is 14.7 Å². The molecule has 6 heteroatoms. The monoisotopic (exact) mass is 263 g/mol. The summed E-state index contributed by atoms with van der Waals surface area (Å²) in [5.41, 5.74) is 0. The fourth-order valence-corrected chi connectivity index (χ4v) is 0. The molecule has 0 heterocycles. The smallest absolute Gasteiger partial charge is 0.343 e. The molecule has 0 amide bonds. The van der Waals surface area contributed by atoms with Crippen LogP contribution in [0.15, 0.2) is 0 Å². The maximum atomic E-state index is 8.88. The Morgan fingerprint density at radius 2 is 1.07 bits per heavy atom. The van der Waals surface area contributed by atoms with E-state index in [9.17, 15) is 0 Å². The third-order valence-corrected chi connectivity index (χ3v) is 0.707. The zero-order chi connectivity index (χ0) is 11.3. The fourth-order valence-electron chi connectivity index (χ4n) is 0. The average molecular weight is 263 g/mol. The average Bonchev–Trinajstić information content (AvgIpc) is 2.01. The Hall–Kier alpha value is 0.694. The van der Waals surface area contributed by atoms with Crippen LogP contribution in [0.4, 0.5) is 0 Å². The van der Waals surface area contributed by atoms with Crippen molar-refractivity contribution in [1.29, 1.82) is 0 Å². The van der Waals surface area contributed by atoms with E-state index in [-0.39, 0.29) is 18.6 Å². The molecule has 3 N–H and O–H groups in total. The first kappa shape index (κ1) is 24.1. The van der Waals surface area contributed by atoms with Gasteiger partial charge in [-0.25, -0.2) is 4.57 Å². The Morgan fingerprint density at radius 3 is 1.07 bits per heavy atom. The van der Waals surface area contributed by atoms with E-state index in [0.29, 0.717) is 0 Å². The van der Waals surface area contributed by atoms with Gasteiger partial charge in [0.1, 0.15) is 0 Å². The summed E-state index contributed by atoms with van der Waals surface area (Å²) in [7, 11) is -4.64. The number of hydrogen-bond donors (Lipinski definition) is 3. The van der Waals surface area contributed by atoms with Gasteiger partial charge in [0, 0.05) is 0 Å². The van der Waals surface area contributed by atoms with E-state index in [1.165, 1.54) is 12.8 Å². The molecule has 0 aliphatic carbocycles. The van der Waals surface area contributed by atoms with Gasteiger partial charge in [0.2, 0.25) is 0 Å². The first-order chi connectivity index (χ1) is 5.83. The molecule has 0 unspecified atom stereocenters. The van der Waals surface area contributed by atoms with E-state index in [0.717, 1.165) is 12.8 Å². The van der Waals surface area contributed by atoms with E-state index in [4.69, 9.17) is 19.2 Å². The molecular formula is C8H21O4PV. The minimum absolute atomic E-state index is 0. The van der Waals surface area contributed by atoms with E-state index >= 15 is 0 Å². The fraction of sp³-hybridized carbons (Fsp3) is 0.750. The Kier molecular flexibility index (Phi) is 33.2. The van der Waals surface area contributed by atoms with Crippen LogP contribution < -0.4 is 0 Å². The van der Waals surface area contributed by atoms with Crippen LogP contribution in [0.5, 0.6) is 0 Å². The van der Waals surface area contributed by atoms with Crippen LogP contribution in [-0.2, 0) is 23.1 Å². The molecule has 0 spiro atoms. The molecule has 0 saturated carbocycles. The standard InChI is InChI=1S/2C4H9.H3O4P.V/c2*1-3-4-2;1-5(2,3)4;/h2*1,3-4H2,2H3;(H3,1,2,3,4);/q2*-1;;+2. The van der Waals surface area contributed by atoms with E-state index < -0.39 is 7.82 Å². The predicted octanol–water partition coefficient (Wildman–Crippen LogP) is 2.31. The molecule has 0 atom stereocenters. The summed E-state index contributed by atoms with van der Waals surface area (Å²) in [6.45, 7) is 11.4. The molecule has 1 radical (unpaired) electrons. The zero-order valence-corrected chi connectivity index (χ0v) is 11.2. The summed E-state index contributed by atoms with van der Waals surface area (Å²) in [5.74, 6) is 0. The van der Waals surface area contributed by atoms with Gasteiger partial charge in [0.25, 0.3) is 0 Å². The first-order valence-corrected chi connectivity index (χ1v) is 5.76. The Balaban J connectivity index is -0.0000000522. The number of phosphoric acid groups is 1. The van der Waals surface area contributed by atoms with E-state index in [1.807, 2.05) is 0 Å². The van der Waals surface area contributed by atoms with Crippen LogP contribution in [0, 0.1) is 13.8 Å². The van der Waals surface area contributed by atoms with Gasteiger partial charge in [-0.2, -0.15) is 12.8 Å². The second kappa shape index (κ2) is 19.3. The molecule has 0 rings (SSSR count). The zero-order valence-electron chi connectivity index (χ0n) is 8.89. The van der Waals surface area contributed by atoms with Gasteiger partial charge in [-0.15, -0.1) is 0 Å². The van der Waals surface area contributed by atoms with Gasteiger partial charge >= 0.3 is 26.4 Å². The molecule has 0 saturated heterocycles. The molecule has 0 aromatic carbocycles. The van der Waals surface area contributed by atoms with Gasteiger partial charge in [-0.3, -0.25) is 0 Å².